The Hall–Kier alpha value is -0.740. The van der Waals surface area contributed by atoms with Crippen LogP contribution < -0.4 is 5.73 Å². The molecule has 0 heterocycles. The third-order valence-corrected chi connectivity index (χ3v) is 4.76. The fraction of sp³-hybridized carbons (Fsp3) is 0.500. The van der Waals surface area contributed by atoms with Gasteiger partial charge >= 0.3 is 0 Å². The molecule has 96 valence electrons. The van der Waals surface area contributed by atoms with Crippen LogP contribution in [0.4, 0.5) is 5.69 Å². The molecule has 0 amide bonds. The molecular weight excluding hydrogens is 258 g/mol. The fourth-order valence-electron chi connectivity index (χ4n) is 1.56. The van der Waals surface area contributed by atoms with Gasteiger partial charge < -0.3 is 5.73 Å². The number of sulfone groups is 1. The molecule has 0 radical (unpaired) electrons. The Morgan fingerprint density at radius 3 is 2.53 bits per heavy atom. The number of rotatable bonds is 5. The highest BCUT2D eigenvalue weighted by molar-refractivity contribution is 7.91. The first-order valence-electron chi connectivity index (χ1n) is 5.60. The van der Waals surface area contributed by atoms with Crippen molar-refractivity contribution in [1.82, 2.24) is 0 Å². The summed E-state index contributed by atoms with van der Waals surface area (Å²) in [5, 5.41) is 0.203. The SMILES string of the molecule is CC(C)CCCS(=O)(=O)c1ccc(N)cc1Cl. The lowest BCUT2D eigenvalue weighted by atomic mass is 10.1. The monoisotopic (exact) mass is 275 g/mol. The van der Waals surface area contributed by atoms with Crippen molar-refractivity contribution in [2.45, 2.75) is 31.6 Å². The lowest BCUT2D eigenvalue weighted by Crippen LogP contribution is -2.08. The van der Waals surface area contributed by atoms with Gasteiger partial charge in [-0.3, -0.25) is 0 Å². The van der Waals surface area contributed by atoms with Crippen molar-refractivity contribution in [2.75, 3.05) is 11.5 Å². The van der Waals surface area contributed by atoms with Gasteiger partial charge in [-0.1, -0.05) is 25.4 Å². The van der Waals surface area contributed by atoms with Crippen LogP contribution in [0.2, 0.25) is 5.02 Å². The molecule has 0 atom stereocenters. The van der Waals surface area contributed by atoms with Gasteiger partial charge in [0.2, 0.25) is 0 Å². The maximum Gasteiger partial charge on any atom is 0.179 e. The summed E-state index contributed by atoms with van der Waals surface area (Å²) in [6.07, 6.45) is 1.55. The Balaban J connectivity index is 2.83. The van der Waals surface area contributed by atoms with Crippen LogP contribution in [0.3, 0.4) is 0 Å². The van der Waals surface area contributed by atoms with E-state index in [2.05, 4.69) is 13.8 Å². The molecule has 1 rings (SSSR count). The van der Waals surface area contributed by atoms with Gasteiger partial charge in [0.05, 0.1) is 15.7 Å². The van der Waals surface area contributed by atoms with Crippen molar-refractivity contribution in [3.8, 4) is 0 Å². The van der Waals surface area contributed by atoms with Crippen LogP contribution >= 0.6 is 11.6 Å². The number of hydrogen-bond donors (Lipinski definition) is 1. The van der Waals surface area contributed by atoms with Crippen LogP contribution in [0, 0.1) is 5.92 Å². The summed E-state index contributed by atoms with van der Waals surface area (Å²) >= 11 is 5.90. The van der Waals surface area contributed by atoms with E-state index in [1.165, 1.54) is 12.1 Å². The number of nitrogens with two attached hydrogens (primary N) is 1. The van der Waals surface area contributed by atoms with Gasteiger partial charge in [-0.05, 0) is 37.0 Å². The summed E-state index contributed by atoms with van der Waals surface area (Å²) in [5.74, 6) is 0.640. The molecule has 0 saturated heterocycles. The number of hydrogen-bond acceptors (Lipinski definition) is 3. The predicted molar refractivity (Wildman–Crippen MR) is 72.0 cm³/mol. The fourth-order valence-corrected chi connectivity index (χ4v) is 3.50. The molecular formula is C12H18ClNO2S. The van der Waals surface area contributed by atoms with Gasteiger partial charge in [-0.25, -0.2) is 8.42 Å². The largest absolute Gasteiger partial charge is 0.399 e. The van der Waals surface area contributed by atoms with Gasteiger partial charge in [0.25, 0.3) is 0 Å². The molecule has 0 saturated carbocycles. The second kappa shape index (κ2) is 5.74. The van der Waals surface area contributed by atoms with Crippen LogP contribution in [0.5, 0.6) is 0 Å². The zero-order chi connectivity index (χ0) is 13.1. The second-order valence-corrected chi connectivity index (χ2v) is 7.03. The zero-order valence-electron chi connectivity index (χ0n) is 10.1. The Morgan fingerprint density at radius 1 is 1.35 bits per heavy atom. The summed E-state index contributed by atoms with van der Waals surface area (Å²) < 4.78 is 24.0. The van der Waals surface area contributed by atoms with Crippen LogP contribution in [0.1, 0.15) is 26.7 Å². The van der Waals surface area contributed by atoms with Crippen LogP contribution in [0.25, 0.3) is 0 Å². The van der Waals surface area contributed by atoms with E-state index in [1.54, 1.807) is 6.07 Å². The van der Waals surface area contributed by atoms with Gasteiger partial charge in [-0.15, -0.1) is 0 Å². The van der Waals surface area contributed by atoms with E-state index >= 15 is 0 Å². The van der Waals surface area contributed by atoms with Gasteiger partial charge in [0, 0.05) is 5.69 Å². The molecule has 0 aliphatic carbocycles. The molecule has 17 heavy (non-hydrogen) atoms. The highest BCUT2D eigenvalue weighted by Gasteiger charge is 2.17. The average Bonchev–Trinajstić information content (AvgIpc) is 2.15. The third-order valence-electron chi connectivity index (χ3n) is 2.49. The van der Waals surface area contributed by atoms with E-state index in [1.807, 2.05) is 0 Å². The van der Waals surface area contributed by atoms with Crippen molar-refractivity contribution in [3.63, 3.8) is 0 Å². The molecule has 0 unspecified atom stereocenters. The average molecular weight is 276 g/mol. The molecule has 0 fully saturated rings. The summed E-state index contributed by atoms with van der Waals surface area (Å²) in [7, 11) is -3.29. The lowest BCUT2D eigenvalue weighted by Gasteiger charge is -2.08. The molecule has 1 aromatic rings. The summed E-state index contributed by atoms with van der Waals surface area (Å²) in [4.78, 5) is 0.178. The Kier molecular flexibility index (Phi) is 4.83. The van der Waals surface area contributed by atoms with E-state index < -0.39 is 9.84 Å². The molecule has 0 aliphatic rings. The Morgan fingerprint density at radius 2 is 2.00 bits per heavy atom. The number of benzene rings is 1. The van der Waals surface area contributed by atoms with Crippen LogP contribution in [-0.2, 0) is 9.84 Å². The second-order valence-electron chi connectivity index (χ2n) is 4.54. The summed E-state index contributed by atoms with van der Waals surface area (Å²) in [6, 6.07) is 4.50. The quantitative estimate of drug-likeness (QED) is 0.840. The lowest BCUT2D eigenvalue weighted by molar-refractivity contribution is 0.560. The minimum absolute atomic E-state index is 0.134. The van der Waals surface area contributed by atoms with E-state index in [0.717, 1.165) is 6.42 Å². The number of halogens is 1. The first-order valence-corrected chi connectivity index (χ1v) is 7.64. The van der Waals surface area contributed by atoms with Crippen molar-refractivity contribution < 1.29 is 8.42 Å². The van der Waals surface area contributed by atoms with Crippen molar-refractivity contribution in [2.24, 2.45) is 5.92 Å². The molecule has 3 nitrogen and oxygen atoms in total. The van der Waals surface area contributed by atoms with E-state index in [0.29, 0.717) is 18.0 Å². The van der Waals surface area contributed by atoms with Gasteiger partial charge in [-0.2, -0.15) is 0 Å². The summed E-state index contributed by atoms with van der Waals surface area (Å²) in [6.45, 7) is 4.14. The zero-order valence-corrected chi connectivity index (χ0v) is 11.7. The molecule has 1 aromatic carbocycles. The van der Waals surface area contributed by atoms with E-state index in [-0.39, 0.29) is 15.7 Å². The molecule has 5 heteroatoms. The van der Waals surface area contributed by atoms with Crippen molar-refractivity contribution in [1.29, 1.82) is 0 Å². The normalized spacial score (nSPS) is 12.0. The molecule has 0 spiro atoms. The molecule has 0 aliphatic heterocycles. The van der Waals surface area contributed by atoms with E-state index in [4.69, 9.17) is 17.3 Å². The maximum atomic E-state index is 12.0. The maximum absolute atomic E-state index is 12.0. The Bertz CT molecular complexity index is 483. The minimum atomic E-state index is -3.29. The molecule has 2 N–H and O–H groups in total. The third kappa shape index (κ3) is 4.21. The van der Waals surface area contributed by atoms with Crippen molar-refractivity contribution >= 4 is 27.1 Å². The number of nitrogen functional groups attached to an aromatic ring is 1. The number of anilines is 1. The van der Waals surface area contributed by atoms with Crippen LogP contribution in [-0.4, -0.2) is 14.2 Å². The van der Waals surface area contributed by atoms with Crippen LogP contribution in [0.15, 0.2) is 23.1 Å². The van der Waals surface area contributed by atoms with Gasteiger partial charge in [0.1, 0.15) is 0 Å². The molecule has 0 aromatic heterocycles. The smallest absolute Gasteiger partial charge is 0.179 e. The molecule has 0 bridgehead atoms. The first kappa shape index (κ1) is 14.3. The highest BCUT2D eigenvalue weighted by Crippen LogP contribution is 2.25. The van der Waals surface area contributed by atoms with Crippen molar-refractivity contribution in [3.05, 3.63) is 23.2 Å². The van der Waals surface area contributed by atoms with Gasteiger partial charge in [0.15, 0.2) is 9.84 Å². The Labute approximate surface area is 108 Å². The minimum Gasteiger partial charge on any atom is -0.399 e. The predicted octanol–water partition coefficient (Wildman–Crippen LogP) is 3.13. The highest BCUT2D eigenvalue weighted by atomic mass is 35.5. The topological polar surface area (TPSA) is 60.2 Å². The summed E-state index contributed by atoms with van der Waals surface area (Å²) in [5.41, 5.74) is 6.00. The van der Waals surface area contributed by atoms with E-state index in [9.17, 15) is 8.42 Å². The first-order chi connectivity index (χ1) is 7.83. The standard InChI is InChI=1S/C12H18ClNO2S/c1-9(2)4-3-7-17(15,16)12-6-5-10(14)8-11(12)13/h5-6,8-9H,3-4,7,14H2,1-2H3.